The molecule has 5 aromatic rings. The number of carbonyl (C=O) groups is 2. The van der Waals surface area contributed by atoms with Crippen LogP contribution in [0.3, 0.4) is 0 Å². The summed E-state index contributed by atoms with van der Waals surface area (Å²) in [6.45, 7) is 0.131. The molecule has 36 heavy (non-hydrogen) atoms. The number of hydrogen-bond acceptors (Lipinski definition) is 6. The predicted molar refractivity (Wildman–Crippen MR) is 124 cm³/mol. The Bertz CT molecular complexity index is 1540. The van der Waals surface area contributed by atoms with Gasteiger partial charge in [-0.05, 0) is 18.2 Å². The molecule has 5 rings (SSSR count). The fourth-order valence-electron chi connectivity index (χ4n) is 3.66. The molecular weight excluding hydrogens is 472 g/mol. The standard InChI is InChI=1S/C24H19F2N7O3/c1-32-13-18(20(31-32)24(35)27-11-15-8-5-9-36-15)30-23(34)16-12-28-33-19(21(25)26)10-17(29-22(16)33)14-6-3-2-4-7-14/h2-10,12-13,21H,11H2,1H3,(H,27,35)(H,30,34). The maximum absolute atomic E-state index is 13.8. The lowest BCUT2D eigenvalue weighted by Crippen LogP contribution is -2.25. The first kappa shape index (κ1) is 22.9. The molecule has 0 atom stereocenters. The Hall–Kier alpha value is -4.87. The highest BCUT2D eigenvalue weighted by molar-refractivity contribution is 6.11. The van der Waals surface area contributed by atoms with Crippen LogP contribution in [-0.2, 0) is 13.6 Å². The van der Waals surface area contributed by atoms with Gasteiger partial charge in [-0.15, -0.1) is 0 Å². The Labute approximate surface area is 202 Å². The zero-order chi connectivity index (χ0) is 25.2. The highest BCUT2D eigenvalue weighted by Gasteiger charge is 2.24. The number of hydrogen-bond donors (Lipinski definition) is 2. The molecule has 0 radical (unpaired) electrons. The van der Waals surface area contributed by atoms with Crippen LogP contribution in [0.15, 0.2) is 71.6 Å². The molecule has 0 saturated carbocycles. The van der Waals surface area contributed by atoms with Crippen LogP contribution in [0.1, 0.15) is 38.7 Å². The summed E-state index contributed by atoms with van der Waals surface area (Å²) in [5, 5.41) is 13.4. The molecule has 0 spiro atoms. The van der Waals surface area contributed by atoms with Crippen molar-refractivity contribution >= 4 is 23.1 Å². The van der Waals surface area contributed by atoms with Gasteiger partial charge in [0.2, 0.25) is 0 Å². The number of benzene rings is 1. The maximum atomic E-state index is 13.8. The highest BCUT2D eigenvalue weighted by atomic mass is 19.3. The molecule has 0 unspecified atom stereocenters. The lowest BCUT2D eigenvalue weighted by Gasteiger charge is -2.09. The van der Waals surface area contributed by atoms with Crippen LogP contribution in [-0.4, -0.2) is 36.2 Å². The minimum Gasteiger partial charge on any atom is -0.467 e. The Kier molecular flexibility index (Phi) is 5.98. The fraction of sp³-hybridized carbons (Fsp3) is 0.125. The van der Waals surface area contributed by atoms with E-state index in [0.29, 0.717) is 11.3 Å². The van der Waals surface area contributed by atoms with E-state index in [9.17, 15) is 18.4 Å². The lowest BCUT2D eigenvalue weighted by molar-refractivity contribution is 0.0943. The highest BCUT2D eigenvalue weighted by Crippen LogP contribution is 2.27. The van der Waals surface area contributed by atoms with Crippen LogP contribution >= 0.6 is 0 Å². The number of furan rings is 1. The predicted octanol–water partition coefficient (Wildman–Crippen LogP) is 3.84. The van der Waals surface area contributed by atoms with E-state index in [0.717, 1.165) is 10.7 Å². The van der Waals surface area contributed by atoms with Crippen molar-refractivity contribution in [1.29, 1.82) is 0 Å². The molecule has 0 aliphatic rings. The second-order valence-electron chi connectivity index (χ2n) is 7.81. The molecule has 0 fully saturated rings. The van der Waals surface area contributed by atoms with Gasteiger partial charge in [-0.2, -0.15) is 10.2 Å². The van der Waals surface area contributed by atoms with Crippen LogP contribution in [0.4, 0.5) is 14.5 Å². The number of nitrogens with zero attached hydrogens (tertiary/aromatic N) is 5. The molecule has 12 heteroatoms. The van der Waals surface area contributed by atoms with Crippen LogP contribution in [0.5, 0.6) is 0 Å². The van der Waals surface area contributed by atoms with Crippen molar-refractivity contribution in [1.82, 2.24) is 29.7 Å². The second-order valence-corrected chi connectivity index (χ2v) is 7.81. The third-order valence-corrected chi connectivity index (χ3v) is 5.33. The van der Waals surface area contributed by atoms with E-state index in [2.05, 4.69) is 25.8 Å². The molecule has 182 valence electrons. The summed E-state index contributed by atoms with van der Waals surface area (Å²) in [5.74, 6) is -0.672. The molecule has 10 nitrogen and oxygen atoms in total. The van der Waals surface area contributed by atoms with Gasteiger partial charge in [-0.3, -0.25) is 14.3 Å². The molecule has 4 aromatic heterocycles. The smallest absolute Gasteiger partial charge is 0.280 e. The third kappa shape index (κ3) is 4.43. The van der Waals surface area contributed by atoms with Gasteiger partial charge in [-0.1, -0.05) is 30.3 Å². The molecule has 2 amide bonds. The number of aryl methyl sites for hydroxylation is 1. The first-order valence-electron chi connectivity index (χ1n) is 10.8. The van der Waals surface area contributed by atoms with Gasteiger partial charge in [0.05, 0.1) is 30.4 Å². The zero-order valence-corrected chi connectivity index (χ0v) is 18.9. The van der Waals surface area contributed by atoms with Crippen LogP contribution in [0.25, 0.3) is 16.9 Å². The summed E-state index contributed by atoms with van der Waals surface area (Å²) in [6.07, 6.45) is 1.25. The molecule has 0 saturated heterocycles. The summed E-state index contributed by atoms with van der Waals surface area (Å²) in [4.78, 5) is 30.3. The normalized spacial score (nSPS) is 11.2. The zero-order valence-electron chi connectivity index (χ0n) is 18.9. The molecule has 2 N–H and O–H groups in total. The van der Waals surface area contributed by atoms with Gasteiger partial charge < -0.3 is 15.1 Å². The SMILES string of the molecule is Cn1cc(NC(=O)c2cnn3c(C(F)F)cc(-c4ccccc4)nc23)c(C(=O)NCc2ccco2)n1. The number of anilines is 1. The van der Waals surface area contributed by atoms with Crippen molar-refractivity contribution in [3.8, 4) is 11.3 Å². The van der Waals surface area contributed by atoms with Gasteiger partial charge in [-0.25, -0.2) is 18.3 Å². The van der Waals surface area contributed by atoms with Crippen molar-refractivity contribution in [3.63, 3.8) is 0 Å². The topological polar surface area (TPSA) is 119 Å². The molecule has 0 aliphatic heterocycles. The van der Waals surface area contributed by atoms with E-state index in [1.54, 1.807) is 49.5 Å². The minimum absolute atomic E-state index is 0.0277. The average molecular weight is 491 g/mol. The van der Waals surface area contributed by atoms with Crippen molar-refractivity contribution in [2.24, 2.45) is 7.05 Å². The number of aromatic nitrogens is 5. The van der Waals surface area contributed by atoms with Crippen LogP contribution in [0, 0.1) is 0 Å². The first-order chi connectivity index (χ1) is 17.4. The van der Waals surface area contributed by atoms with E-state index in [-0.39, 0.29) is 34.8 Å². The van der Waals surface area contributed by atoms with Crippen molar-refractivity contribution in [2.75, 3.05) is 5.32 Å². The molecule has 4 heterocycles. The Morgan fingerprint density at radius 1 is 1.11 bits per heavy atom. The summed E-state index contributed by atoms with van der Waals surface area (Å²) in [7, 11) is 1.59. The van der Waals surface area contributed by atoms with Crippen molar-refractivity contribution in [2.45, 2.75) is 13.0 Å². The Morgan fingerprint density at radius 3 is 2.64 bits per heavy atom. The van der Waals surface area contributed by atoms with Crippen molar-refractivity contribution in [3.05, 3.63) is 89.9 Å². The molecule has 1 aromatic carbocycles. The van der Waals surface area contributed by atoms with E-state index < -0.39 is 23.9 Å². The van der Waals surface area contributed by atoms with Crippen LogP contribution in [0.2, 0.25) is 0 Å². The number of rotatable bonds is 7. The lowest BCUT2D eigenvalue weighted by atomic mass is 10.1. The van der Waals surface area contributed by atoms with Gasteiger partial charge in [0.25, 0.3) is 18.2 Å². The number of carbonyl (C=O) groups excluding carboxylic acids is 2. The van der Waals surface area contributed by atoms with Crippen LogP contribution < -0.4 is 10.6 Å². The minimum atomic E-state index is -2.85. The number of amides is 2. The number of halogens is 2. The Morgan fingerprint density at radius 2 is 1.92 bits per heavy atom. The molecular formula is C24H19F2N7O3. The molecule has 0 bridgehead atoms. The van der Waals surface area contributed by atoms with Gasteiger partial charge in [0.15, 0.2) is 11.3 Å². The third-order valence-electron chi connectivity index (χ3n) is 5.33. The fourth-order valence-corrected chi connectivity index (χ4v) is 3.66. The maximum Gasteiger partial charge on any atom is 0.280 e. The summed E-state index contributed by atoms with van der Waals surface area (Å²) in [6, 6.07) is 13.4. The molecule has 0 aliphatic carbocycles. The largest absolute Gasteiger partial charge is 0.467 e. The number of fused-ring (bicyclic) bond motifs is 1. The van der Waals surface area contributed by atoms with Gasteiger partial charge in [0, 0.05) is 18.8 Å². The van der Waals surface area contributed by atoms with E-state index in [1.165, 1.54) is 23.2 Å². The monoisotopic (exact) mass is 491 g/mol. The van der Waals surface area contributed by atoms with Gasteiger partial charge >= 0.3 is 0 Å². The van der Waals surface area contributed by atoms with E-state index in [4.69, 9.17) is 4.42 Å². The average Bonchev–Trinajstić information content (AvgIpc) is 3.62. The van der Waals surface area contributed by atoms with E-state index >= 15 is 0 Å². The van der Waals surface area contributed by atoms with Crippen molar-refractivity contribution < 1.29 is 22.8 Å². The second kappa shape index (κ2) is 9.41. The summed E-state index contributed by atoms with van der Waals surface area (Å²) >= 11 is 0. The number of nitrogens with one attached hydrogen (secondary N) is 2. The summed E-state index contributed by atoms with van der Waals surface area (Å²) < 4.78 is 35.1. The van der Waals surface area contributed by atoms with Gasteiger partial charge in [0.1, 0.15) is 17.0 Å². The first-order valence-corrected chi connectivity index (χ1v) is 10.8. The quantitative estimate of drug-likeness (QED) is 0.357. The number of alkyl halides is 2. The Balaban J connectivity index is 1.46. The summed E-state index contributed by atoms with van der Waals surface area (Å²) in [5.41, 5.74) is 0.492. The van der Waals surface area contributed by atoms with E-state index in [1.807, 2.05) is 0 Å².